The second-order valence-corrected chi connectivity index (χ2v) is 8.61. The molecule has 0 atom stereocenters. The Kier molecular flexibility index (Phi) is 6.08. The third kappa shape index (κ3) is 4.52. The lowest BCUT2D eigenvalue weighted by atomic mass is 10.1. The van der Waals surface area contributed by atoms with Crippen LogP contribution >= 0.6 is 0 Å². The molecule has 140 valence electrons. The lowest BCUT2D eigenvalue weighted by Crippen LogP contribution is -2.33. The van der Waals surface area contributed by atoms with Crippen molar-refractivity contribution in [1.82, 2.24) is 9.97 Å². The van der Waals surface area contributed by atoms with E-state index < -0.39 is 10.0 Å². The monoisotopic (exact) mass is 374 g/mol. The average molecular weight is 375 g/mol. The van der Waals surface area contributed by atoms with Gasteiger partial charge in [0.1, 0.15) is 5.82 Å². The molecule has 0 aliphatic carbocycles. The van der Waals surface area contributed by atoms with Crippen LogP contribution in [0.4, 0.5) is 11.5 Å². The third-order valence-corrected chi connectivity index (χ3v) is 6.51. The zero-order valence-corrected chi connectivity index (χ0v) is 16.0. The summed E-state index contributed by atoms with van der Waals surface area (Å²) in [6, 6.07) is 7.47. The van der Waals surface area contributed by atoms with Crippen LogP contribution < -0.4 is 9.21 Å². The fourth-order valence-electron chi connectivity index (χ4n) is 3.21. The van der Waals surface area contributed by atoms with Gasteiger partial charge in [0.25, 0.3) is 0 Å². The molecule has 7 heteroatoms. The Balaban J connectivity index is 1.86. The van der Waals surface area contributed by atoms with Gasteiger partial charge in [-0.05, 0) is 55.5 Å². The zero-order chi connectivity index (χ0) is 18.4. The van der Waals surface area contributed by atoms with E-state index in [1.54, 1.807) is 18.6 Å². The maximum absolute atomic E-state index is 12.8. The molecule has 1 saturated heterocycles. The molecule has 0 amide bonds. The Hall–Kier alpha value is -2.15. The minimum absolute atomic E-state index is 0.117. The molecule has 3 heterocycles. The van der Waals surface area contributed by atoms with Crippen LogP contribution in [0.5, 0.6) is 0 Å². The third-order valence-electron chi connectivity index (χ3n) is 4.57. The number of aromatic nitrogens is 2. The quantitative estimate of drug-likeness (QED) is 0.744. The highest BCUT2D eigenvalue weighted by atomic mass is 32.2. The standard InChI is InChI=1S/C19H26N4O2S/c1-2-14-26(24,25)23(16-17-8-10-20-11-9-17)18-6-7-19(21-15-18)22-12-4-3-5-13-22/h6-11,15H,2-5,12-14,16H2,1H3. The van der Waals surface area contributed by atoms with Crippen molar-refractivity contribution in [3.8, 4) is 0 Å². The molecular weight excluding hydrogens is 348 g/mol. The predicted octanol–water partition coefficient (Wildman–Crippen LogP) is 3.21. The molecule has 2 aromatic rings. The van der Waals surface area contributed by atoms with E-state index in [9.17, 15) is 8.42 Å². The van der Waals surface area contributed by atoms with E-state index in [2.05, 4.69) is 14.9 Å². The summed E-state index contributed by atoms with van der Waals surface area (Å²) in [5.74, 6) is 1.04. The van der Waals surface area contributed by atoms with Crippen molar-refractivity contribution >= 4 is 21.5 Å². The van der Waals surface area contributed by atoms with E-state index in [1.165, 1.54) is 23.6 Å². The van der Waals surface area contributed by atoms with Crippen LogP contribution in [0.3, 0.4) is 0 Å². The fraction of sp³-hybridized carbons (Fsp3) is 0.474. The van der Waals surface area contributed by atoms with Gasteiger partial charge in [-0.1, -0.05) is 6.92 Å². The summed E-state index contributed by atoms with van der Waals surface area (Å²) < 4.78 is 27.0. The molecule has 2 aromatic heterocycles. The summed E-state index contributed by atoms with van der Waals surface area (Å²) in [7, 11) is -3.40. The maximum Gasteiger partial charge on any atom is 0.235 e. The summed E-state index contributed by atoms with van der Waals surface area (Å²) in [4.78, 5) is 10.8. The Morgan fingerprint density at radius 1 is 1.08 bits per heavy atom. The van der Waals surface area contributed by atoms with Gasteiger partial charge < -0.3 is 4.90 Å². The van der Waals surface area contributed by atoms with Crippen LogP contribution in [0.15, 0.2) is 42.9 Å². The predicted molar refractivity (Wildman–Crippen MR) is 105 cm³/mol. The van der Waals surface area contributed by atoms with Crippen molar-refractivity contribution in [3.05, 3.63) is 48.4 Å². The van der Waals surface area contributed by atoms with Gasteiger partial charge in [0, 0.05) is 25.5 Å². The van der Waals surface area contributed by atoms with Gasteiger partial charge >= 0.3 is 0 Å². The SMILES string of the molecule is CCCS(=O)(=O)N(Cc1ccncc1)c1ccc(N2CCCCC2)nc1. The summed E-state index contributed by atoms with van der Waals surface area (Å²) in [5.41, 5.74) is 1.51. The van der Waals surface area contributed by atoms with E-state index in [0.717, 1.165) is 24.5 Å². The molecule has 0 bridgehead atoms. The molecule has 0 N–H and O–H groups in total. The second kappa shape index (κ2) is 8.49. The number of pyridine rings is 2. The summed E-state index contributed by atoms with van der Waals surface area (Å²) in [5, 5.41) is 0. The Morgan fingerprint density at radius 3 is 2.42 bits per heavy atom. The first kappa shape index (κ1) is 18.6. The molecule has 0 spiro atoms. The van der Waals surface area contributed by atoms with E-state index in [0.29, 0.717) is 12.1 Å². The van der Waals surface area contributed by atoms with Crippen LogP contribution in [-0.4, -0.2) is 37.2 Å². The van der Waals surface area contributed by atoms with Gasteiger partial charge in [-0.25, -0.2) is 13.4 Å². The highest BCUT2D eigenvalue weighted by molar-refractivity contribution is 7.92. The van der Waals surface area contributed by atoms with Crippen molar-refractivity contribution in [2.75, 3.05) is 28.0 Å². The van der Waals surface area contributed by atoms with Crippen LogP contribution in [0.2, 0.25) is 0 Å². The second-order valence-electron chi connectivity index (χ2n) is 6.60. The Labute approximate surface area is 155 Å². The Morgan fingerprint density at radius 2 is 1.81 bits per heavy atom. The number of nitrogens with zero attached hydrogens (tertiary/aromatic N) is 4. The van der Waals surface area contributed by atoms with Gasteiger partial charge in [-0.15, -0.1) is 0 Å². The maximum atomic E-state index is 12.8. The Bertz CT molecular complexity index is 788. The van der Waals surface area contributed by atoms with E-state index in [4.69, 9.17) is 0 Å². The summed E-state index contributed by atoms with van der Waals surface area (Å²) in [6.45, 7) is 4.19. The van der Waals surface area contributed by atoms with E-state index in [-0.39, 0.29) is 12.3 Å². The topological polar surface area (TPSA) is 66.4 Å². The molecule has 0 radical (unpaired) electrons. The molecule has 26 heavy (non-hydrogen) atoms. The molecule has 1 aliphatic rings. The molecular formula is C19H26N4O2S. The lowest BCUT2D eigenvalue weighted by molar-refractivity contribution is 0.573. The van der Waals surface area contributed by atoms with Crippen LogP contribution in [-0.2, 0) is 16.6 Å². The van der Waals surface area contributed by atoms with Gasteiger partial charge in [0.15, 0.2) is 0 Å². The molecule has 0 saturated carbocycles. The fourth-order valence-corrected chi connectivity index (χ4v) is 4.72. The smallest absolute Gasteiger partial charge is 0.235 e. The lowest BCUT2D eigenvalue weighted by Gasteiger charge is -2.29. The summed E-state index contributed by atoms with van der Waals surface area (Å²) in [6.07, 6.45) is 9.25. The minimum atomic E-state index is -3.40. The van der Waals surface area contributed by atoms with Gasteiger partial charge in [0.05, 0.1) is 24.2 Å². The molecule has 1 aliphatic heterocycles. The molecule has 3 rings (SSSR count). The number of hydrogen-bond donors (Lipinski definition) is 0. The first-order valence-corrected chi connectivity index (χ1v) is 10.8. The first-order chi connectivity index (χ1) is 12.6. The van der Waals surface area contributed by atoms with Gasteiger partial charge in [-0.2, -0.15) is 0 Å². The van der Waals surface area contributed by atoms with Crippen molar-refractivity contribution in [2.45, 2.75) is 39.2 Å². The van der Waals surface area contributed by atoms with Crippen molar-refractivity contribution in [1.29, 1.82) is 0 Å². The normalized spacial score (nSPS) is 15.0. The van der Waals surface area contributed by atoms with Crippen LogP contribution in [0, 0.1) is 0 Å². The van der Waals surface area contributed by atoms with Crippen molar-refractivity contribution < 1.29 is 8.42 Å². The number of hydrogen-bond acceptors (Lipinski definition) is 5. The molecule has 6 nitrogen and oxygen atoms in total. The summed E-state index contributed by atoms with van der Waals surface area (Å²) >= 11 is 0. The average Bonchev–Trinajstić information content (AvgIpc) is 2.68. The minimum Gasteiger partial charge on any atom is -0.357 e. The molecule has 1 fully saturated rings. The number of sulfonamides is 1. The van der Waals surface area contributed by atoms with Gasteiger partial charge in [-0.3, -0.25) is 9.29 Å². The highest BCUT2D eigenvalue weighted by Gasteiger charge is 2.23. The van der Waals surface area contributed by atoms with Crippen molar-refractivity contribution in [2.24, 2.45) is 0 Å². The van der Waals surface area contributed by atoms with Crippen molar-refractivity contribution in [3.63, 3.8) is 0 Å². The largest absolute Gasteiger partial charge is 0.357 e. The van der Waals surface area contributed by atoms with Crippen LogP contribution in [0.25, 0.3) is 0 Å². The van der Waals surface area contributed by atoms with Crippen LogP contribution in [0.1, 0.15) is 38.2 Å². The zero-order valence-electron chi connectivity index (χ0n) is 15.2. The molecule has 0 aromatic carbocycles. The first-order valence-electron chi connectivity index (χ1n) is 9.20. The highest BCUT2D eigenvalue weighted by Crippen LogP contribution is 2.24. The number of anilines is 2. The van der Waals surface area contributed by atoms with E-state index in [1.807, 2.05) is 31.2 Å². The van der Waals surface area contributed by atoms with Gasteiger partial charge in [0.2, 0.25) is 10.0 Å². The number of rotatable bonds is 7. The van der Waals surface area contributed by atoms with E-state index >= 15 is 0 Å². The number of piperidine rings is 1. The molecule has 0 unspecified atom stereocenters.